The van der Waals surface area contributed by atoms with Gasteiger partial charge in [-0.15, -0.1) is 0 Å². The van der Waals surface area contributed by atoms with Crippen LogP contribution in [-0.2, 0) is 4.74 Å². The van der Waals surface area contributed by atoms with E-state index in [0.29, 0.717) is 12.5 Å². The Labute approximate surface area is 146 Å². The van der Waals surface area contributed by atoms with E-state index in [4.69, 9.17) is 9.47 Å². The molecule has 2 aliphatic heterocycles. The van der Waals surface area contributed by atoms with Crippen LogP contribution in [0.15, 0.2) is 30.9 Å². The average molecular weight is 342 g/mol. The summed E-state index contributed by atoms with van der Waals surface area (Å²) in [6.07, 6.45) is 7.01. The number of hydrogen-bond acceptors (Lipinski definition) is 8. The van der Waals surface area contributed by atoms with Gasteiger partial charge in [0.05, 0.1) is 25.9 Å². The topological polar surface area (TPSA) is 76.5 Å². The SMILES string of the molecule is COc1cc(N2CCC3(CC2)CN(c2ncccn2)CCO3)ncn1. The second-order valence-electron chi connectivity index (χ2n) is 6.41. The molecule has 0 aliphatic carbocycles. The van der Waals surface area contributed by atoms with Crippen LogP contribution >= 0.6 is 0 Å². The minimum atomic E-state index is -0.134. The molecule has 0 N–H and O–H groups in total. The van der Waals surface area contributed by atoms with Gasteiger partial charge in [0, 0.05) is 38.1 Å². The Balaban J connectivity index is 1.43. The number of aromatic nitrogens is 4. The number of anilines is 2. The molecule has 8 nitrogen and oxygen atoms in total. The highest BCUT2D eigenvalue weighted by Crippen LogP contribution is 2.33. The van der Waals surface area contributed by atoms with Gasteiger partial charge in [0.25, 0.3) is 0 Å². The molecule has 8 heteroatoms. The molecule has 0 radical (unpaired) electrons. The predicted molar refractivity (Wildman–Crippen MR) is 93.0 cm³/mol. The Morgan fingerprint density at radius 3 is 2.60 bits per heavy atom. The van der Waals surface area contributed by atoms with E-state index >= 15 is 0 Å². The first-order valence-electron chi connectivity index (χ1n) is 8.55. The third-order valence-corrected chi connectivity index (χ3v) is 4.92. The van der Waals surface area contributed by atoms with Gasteiger partial charge >= 0.3 is 0 Å². The summed E-state index contributed by atoms with van der Waals surface area (Å²) < 4.78 is 11.4. The molecular weight excluding hydrogens is 320 g/mol. The van der Waals surface area contributed by atoms with Gasteiger partial charge in [0.1, 0.15) is 12.1 Å². The lowest BCUT2D eigenvalue weighted by molar-refractivity contribution is -0.0708. The maximum absolute atomic E-state index is 6.21. The van der Waals surface area contributed by atoms with Gasteiger partial charge in [-0.25, -0.2) is 19.9 Å². The average Bonchev–Trinajstić information content (AvgIpc) is 2.69. The molecule has 0 amide bonds. The standard InChI is InChI=1S/C17H22N6O2/c1-24-15-11-14(20-13-21-15)22-7-3-17(4-8-22)12-23(9-10-25-17)16-18-5-2-6-19-16/h2,5-6,11,13H,3-4,7-10,12H2,1H3. The van der Waals surface area contributed by atoms with Crippen molar-refractivity contribution >= 4 is 11.8 Å². The van der Waals surface area contributed by atoms with Crippen LogP contribution in [0.5, 0.6) is 5.88 Å². The molecule has 0 unspecified atom stereocenters. The number of nitrogens with zero attached hydrogens (tertiary/aromatic N) is 6. The third-order valence-electron chi connectivity index (χ3n) is 4.92. The molecule has 2 aromatic rings. The van der Waals surface area contributed by atoms with Crippen molar-refractivity contribution in [1.82, 2.24) is 19.9 Å². The fourth-order valence-corrected chi connectivity index (χ4v) is 3.53. The lowest BCUT2D eigenvalue weighted by atomic mass is 9.89. The van der Waals surface area contributed by atoms with Gasteiger partial charge in [-0.3, -0.25) is 0 Å². The van der Waals surface area contributed by atoms with Crippen molar-refractivity contribution in [2.45, 2.75) is 18.4 Å². The molecule has 2 aromatic heterocycles. The van der Waals surface area contributed by atoms with Crippen LogP contribution in [0.3, 0.4) is 0 Å². The van der Waals surface area contributed by atoms with Crippen molar-refractivity contribution in [2.75, 3.05) is 49.7 Å². The molecule has 2 fully saturated rings. The van der Waals surface area contributed by atoms with Gasteiger partial charge in [-0.2, -0.15) is 0 Å². The summed E-state index contributed by atoms with van der Waals surface area (Å²) in [5.41, 5.74) is -0.134. The minimum Gasteiger partial charge on any atom is -0.481 e. The largest absolute Gasteiger partial charge is 0.481 e. The summed E-state index contributed by atoms with van der Waals surface area (Å²) in [4.78, 5) is 21.7. The zero-order valence-electron chi connectivity index (χ0n) is 14.3. The maximum Gasteiger partial charge on any atom is 0.225 e. The van der Waals surface area contributed by atoms with Gasteiger partial charge in [0.2, 0.25) is 11.8 Å². The lowest BCUT2D eigenvalue weighted by Crippen LogP contribution is -2.57. The zero-order valence-corrected chi connectivity index (χ0v) is 14.3. The second kappa shape index (κ2) is 6.79. The number of ether oxygens (including phenoxy) is 2. The molecule has 0 atom stereocenters. The number of methoxy groups -OCH3 is 1. The van der Waals surface area contributed by atoms with E-state index in [1.54, 1.807) is 25.8 Å². The van der Waals surface area contributed by atoms with Crippen molar-refractivity contribution in [3.63, 3.8) is 0 Å². The summed E-state index contributed by atoms with van der Waals surface area (Å²) in [6.45, 7) is 4.16. The van der Waals surface area contributed by atoms with Gasteiger partial charge in [-0.1, -0.05) is 0 Å². The maximum atomic E-state index is 6.21. The summed E-state index contributed by atoms with van der Waals surface area (Å²) in [5, 5.41) is 0. The van der Waals surface area contributed by atoms with Crippen LogP contribution < -0.4 is 14.5 Å². The molecule has 4 heterocycles. The van der Waals surface area contributed by atoms with E-state index in [9.17, 15) is 0 Å². The Morgan fingerprint density at radius 1 is 1.04 bits per heavy atom. The molecule has 4 rings (SSSR count). The Kier molecular flexibility index (Phi) is 4.35. The lowest BCUT2D eigenvalue weighted by Gasteiger charge is -2.47. The van der Waals surface area contributed by atoms with Crippen LogP contribution in [0.25, 0.3) is 0 Å². The van der Waals surface area contributed by atoms with Gasteiger partial charge in [0.15, 0.2) is 0 Å². The van der Waals surface area contributed by atoms with Gasteiger partial charge in [-0.05, 0) is 18.9 Å². The van der Waals surface area contributed by atoms with Crippen molar-refractivity contribution in [3.05, 3.63) is 30.9 Å². The molecule has 1 spiro atoms. The molecular formula is C17H22N6O2. The molecule has 0 aromatic carbocycles. The Morgan fingerprint density at radius 2 is 1.84 bits per heavy atom. The smallest absolute Gasteiger partial charge is 0.225 e. The number of piperidine rings is 1. The molecule has 25 heavy (non-hydrogen) atoms. The highest BCUT2D eigenvalue weighted by molar-refractivity contribution is 5.42. The van der Waals surface area contributed by atoms with Crippen LogP contribution in [0.4, 0.5) is 11.8 Å². The van der Waals surface area contributed by atoms with Crippen molar-refractivity contribution in [2.24, 2.45) is 0 Å². The predicted octanol–water partition coefficient (Wildman–Crippen LogP) is 1.15. The summed E-state index contributed by atoms with van der Waals surface area (Å²) in [6, 6.07) is 3.72. The molecule has 0 saturated carbocycles. The van der Waals surface area contributed by atoms with Crippen LogP contribution in [-0.4, -0.2) is 65.4 Å². The minimum absolute atomic E-state index is 0.134. The van der Waals surface area contributed by atoms with Crippen molar-refractivity contribution < 1.29 is 9.47 Å². The van der Waals surface area contributed by atoms with E-state index in [1.807, 2.05) is 12.1 Å². The van der Waals surface area contributed by atoms with Gasteiger partial charge < -0.3 is 19.3 Å². The highest BCUT2D eigenvalue weighted by Gasteiger charge is 2.40. The number of hydrogen-bond donors (Lipinski definition) is 0. The molecule has 132 valence electrons. The fourth-order valence-electron chi connectivity index (χ4n) is 3.53. The highest BCUT2D eigenvalue weighted by atomic mass is 16.5. The van der Waals surface area contributed by atoms with Crippen LogP contribution in [0, 0.1) is 0 Å². The third kappa shape index (κ3) is 3.34. The van der Waals surface area contributed by atoms with Crippen LogP contribution in [0.1, 0.15) is 12.8 Å². The first kappa shape index (κ1) is 16.0. The normalized spacial score (nSPS) is 19.9. The summed E-state index contributed by atoms with van der Waals surface area (Å²) in [5.74, 6) is 2.28. The van der Waals surface area contributed by atoms with Crippen LogP contribution in [0.2, 0.25) is 0 Å². The number of morpholine rings is 1. The first-order chi connectivity index (χ1) is 12.3. The second-order valence-corrected chi connectivity index (χ2v) is 6.41. The van der Waals surface area contributed by atoms with E-state index in [0.717, 1.165) is 50.8 Å². The van der Waals surface area contributed by atoms with E-state index in [-0.39, 0.29) is 5.60 Å². The molecule has 2 saturated heterocycles. The fraction of sp³-hybridized carbons (Fsp3) is 0.529. The molecule has 0 bridgehead atoms. The monoisotopic (exact) mass is 342 g/mol. The van der Waals surface area contributed by atoms with Crippen molar-refractivity contribution in [1.29, 1.82) is 0 Å². The zero-order chi connectivity index (χ0) is 17.1. The van der Waals surface area contributed by atoms with E-state index < -0.39 is 0 Å². The van der Waals surface area contributed by atoms with E-state index in [2.05, 4.69) is 29.7 Å². The Bertz CT molecular complexity index is 705. The quantitative estimate of drug-likeness (QED) is 0.822. The van der Waals surface area contributed by atoms with Crippen molar-refractivity contribution in [3.8, 4) is 5.88 Å². The van der Waals surface area contributed by atoms with E-state index in [1.165, 1.54) is 0 Å². The Hall–Kier alpha value is -2.48. The first-order valence-corrected chi connectivity index (χ1v) is 8.55. The summed E-state index contributed by atoms with van der Waals surface area (Å²) in [7, 11) is 1.62. The summed E-state index contributed by atoms with van der Waals surface area (Å²) >= 11 is 0. The molecule has 2 aliphatic rings. The number of rotatable bonds is 3.